The highest BCUT2D eigenvalue weighted by Crippen LogP contribution is 2.67. The van der Waals surface area contributed by atoms with Crippen LogP contribution in [0.15, 0.2) is 11.6 Å². The molecule has 5 nitrogen and oxygen atoms in total. The molecule has 2 unspecified atom stereocenters. The van der Waals surface area contributed by atoms with Crippen LogP contribution in [0.4, 0.5) is 0 Å². The Balaban J connectivity index is 1.91. The van der Waals surface area contributed by atoms with Crippen LogP contribution in [-0.2, 0) is 0 Å². The van der Waals surface area contributed by atoms with E-state index >= 15 is 0 Å². The lowest BCUT2D eigenvalue weighted by atomic mass is 9.57. The number of fused-ring (bicyclic) bond motifs is 2. The second kappa shape index (κ2) is 4.87. The second-order valence-electron chi connectivity index (χ2n) is 9.98. The van der Waals surface area contributed by atoms with Crippen molar-refractivity contribution in [3.63, 3.8) is 0 Å². The van der Waals surface area contributed by atoms with Gasteiger partial charge in [-0.25, -0.2) is 0 Å². The zero-order chi connectivity index (χ0) is 18.6. The zero-order valence-electron chi connectivity index (χ0n) is 15.6. The molecule has 2 bridgehead atoms. The van der Waals surface area contributed by atoms with E-state index in [1.807, 2.05) is 6.92 Å². The summed E-state index contributed by atoms with van der Waals surface area (Å²) in [6, 6.07) is 0. The molecule has 0 saturated heterocycles. The van der Waals surface area contributed by atoms with Crippen molar-refractivity contribution in [1.82, 2.24) is 0 Å². The minimum atomic E-state index is -1.60. The molecule has 0 aromatic heterocycles. The molecule has 0 aromatic rings. The lowest BCUT2D eigenvalue weighted by molar-refractivity contribution is -0.200. The van der Waals surface area contributed by atoms with E-state index in [0.29, 0.717) is 0 Å². The molecule has 4 rings (SSSR count). The van der Waals surface area contributed by atoms with Crippen molar-refractivity contribution in [3.8, 4) is 0 Å². The topological polar surface area (TPSA) is 101 Å². The smallest absolute Gasteiger partial charge is 0.104 e. The number of aliphatic hydroxyl groups excluding tert-OH is 3. The van der Waals surface area contributed by atoms with Gasteiger partial charge in [0, 0.05) is 22.7 Å². The highest BCUT2D eigenvalue weighted by molar-refractivity contribution is 5.33. The normalized spacial score (nSPS) is 59.8. The lowest BCUT2D eigenvalue weighted by Crippen LogP contribution is -2.60. The van der Waals surface area contributed by atoms with Gasteiger partial charge in [-0.3, -0.25) is 0 Å². The minimum Gasteiger partial charge on any atom is -0.392 e. The molecule has 1 spiro atoms. The van der Waals surface area contributed by atoms with Gasteiger partial charge in [0.05, 0.1) is 23.9 Å². The van der Waals surface area contributed by atoms with Crippen LogP contribution in [0.2, 0.25) is 0 Å². The molecule has 3 saturated carbocycles. The molecule has 4 aliphatic carbocycles. The molecule has 142 valence electrons. The molecule has 25 heavy (non-hydrogen) atoms. The first kappa shape index (κ1) is 17.9. The lowest BCUT2D eigenvalue weighted by Gasteiger charge is -2.51. The van der Waals surface area contributed by atoms with E-state index < -0.39 is 46.3 Å². The first-order valence-electron chi connectivity index (χ1n) is 9.59. The Bertz CT molecular complexity index is 626. The van der Waals surface area contributed by atoms with Crippen LogP contribution in [0, 0.1) is 28.6 Å². The van der Waals surface area contributed by atoms with Crippen molar-refractivity contribution in [3.05, 3.63) is 11.6 Å². The van der Waals surface area contributed by atoms with E-state index in [1.165, 1.54) is 0 Å². The fraction of sp³-hybridized carbons (Fsp3) is 0.900. The third kappa shape index (κ3) is 1.82. The highest BCUT2D eigenvalue weighted by Gasteiger charge is 2.73. The average molecular weight is 352 g/mol. The predicted molar refractivity (Wildman–Crippen MR) is 92.5 cm³/mol. The van der Waals surface area contributed by atoms with Crippen molar-refractivity contribution in [2.45, 2.75) is 82.9 Å². The Morgan fingerprint density at radius 1 is 0.960 bits per heavy atom. The summed E-state index contributed by atoms with van der Waals surface area (Å²) >= 11 is 0. The molecule has 5 N–H and O–H groups in total. The quantitative estimate of drug-likeness (QED) is 0.418. The van der Waals surface area contributed by atoms with Crippen molar-refractivity contribution in [2.24, 2.45) is 28.6 Å². The van der Waals surface area contributed by atoms with Gasteiger partial charge in [-0.05, 0) is 45.4 Å². The Kier molecular flexibility index (Phi) is 3.49. The maximum absolute atomic E-state index is 11.6. The van der Waals surface area contributed by atoms with Crippen LogP contribution >= 0.6 is 0 Å². The SMILES string of the molecule is CC1=CC23C[C@H](O)[C@@]4(O)[C@@H](C[C@H](O)C4(C)C)[C@](C)(O)[C@@H]2CCC1[C@@H]3O. The van der Waals surface area contributed by atoms with Crippen LogP contribution in [0.1, 0.15) is 53.4 Å². The van der Waals surface area contributed by atoms with E-state index in [9.17, 15) is 25.5 Å². The molecule has 4 aliphatic rings. The first-order valence-corrected chi connectivity index (χ1v) is 9.59. The number of rotatable bonds is 0. The molecular formula is C20H32O5. The van der Waals surface area contributed by atoms with Crippen molar-refractivity contribution < 1.29 is 25.5 Å². The zero-order valence-corrected chi connectivity index (χ0v) is 15.6. The monoisotopic (exact) mass is 352 g/mol. The van der Waals surface area contributed by atoms with Gasteiger partial charge in [-0.1, -0.05) is 25.5 Å². The summed E-state index contributed by atoms with van der Waals surface area (Å²) in [5.41, 5.74) is -3.41. The van der Waals surface area contributed by atoms with Crippen molar-refractivity contribution in [1.29, 1.82) is 0 Å². The van der Waals surface area contributed by atoms with Gasteiger partial charge in [-0.2, -0.15) is 0 Å². The second-order valence-corrected chi connectivity index (χ2v) is 9.98. The summed E-state index contributed by atoms with van der Waals surface area (Å²) < 4.78 is 0. The average Bonchev–Trinajstić information content (AvgIpc) is 2.75. The van der Waals surface area contributed by atoms with Gasteiger partial charge in [0.15, 0.2) is 0 Å². The molecule has 0 amide bonds. The summed E-state index contributed by atoms with van der Waals surface area (Å²) in [5.74, 6) is -0.814. The molecule has 9 atom stereocenters. The summed E-state index contributed by atoms with van der Waals surface area (Å²) in [6.45, 7) is 7.27. The first-order chi connectivity index (χ1) is 11.4. The molecule has 5 heteroatoms. The number of hydrogen-bond acceptors (Lipinski definition) is 5. The Morgan fingerprint density at radius 3 is 2.24 bits per heavy atom. The summed E-state index contributed by atoms with van der Waals surface area (Å²) in [4.78, 5) is 0. The van der Waals surface area contributed by atoms with Gasteiger partial charge in [0.1, 0.15) is 5.60 Å². The van der Waals surface area contributed by atoms with Crippen LogP contribution < -0.4 is 0 Å². The Labute approximate surface area is 149 Å². The van der Waals surface area contributed by atoms with Crippen molar-refractivity contribution >= 4 is 0 Å². The minimum absolute atomic E-state index is 0.0745. The maximum Gasteiger partial charge on any atom is 0.104 e. The van der Waals surface area contributed by atoms with Crippen LogP contribution in [-0.4, -0.2) is 55.0 Å². The van der Waals surface area contributed by atoms with Gasteiger partial charge < -0.3 is 25.5 Å². The number of hydrogen-bond donors (Lipinski definition) is 5. The van der Waals surface area contributed by atoms with Crippen molar-refractivity contribution in [2.75, 3.05) is 0 Å². The fourth-order valence-electron chi connectivity index (χ4n) is 7.20. The standard InChI is InChI=1S/C20H32O5/c1-10-8-19-9-15(22)20(25)13(7-14(21)17(20,2)3)18(4,24)12(19)6-5-11(10)16(19)23/h8,11-16,21-25H,5-7,9H2,1-4H3/t11?,12-,13-,14-,15-,16-,18+,19?,20-/m0/s1. The largest absolute Gasteiger partial charge is 0.392 e. The van der Waals surface area contributed by atoms with Crippen LogP contribution in [0.5, 0.6) is 0 Å². The molecule has 0 radical (unpaired) electrons. The van der Waals surface area contributed by atoms with Crippen LogP contribution in [0.3, 0.4) is 0 Å². The highest BCUT2D eigenvalue weighted by atomic mass is 16.4. The predicted octanol–water partition coefficient (Wildman–Crippen LogP) is 0.974. The maximum atomic E-state index is 11.6. The Morgan fingerprint density at radius 2 is 1.60 bits per heavy atom. The molecule has 0 aromatic carbocycles. The van der Waals surface area contributed by atoms with E-state index in [4.69, 9.17) is 0 Å². The van der Waals surface area contributed by atoms with Gasteiger partial charge in [0.25, 0.3) is 0 Å². The molecular weight excluding hydrogens is 320 g/mol. The van der Waals surface area contributed by atoms with Gasteiger partial charge in [0.2, 0.25) is 0 Å². The van der Waals surface area contributed by atoms with E-state index in [2.05, 4.69) is 6.08 Å². The third-order valence-corrected chi connectivity index (χ3v) is 8.75. The van der Waals surface area contributed by atoms with Crippen LogP contribution in [0.25, 0.3) is 0 Å². The number of aliphatic hydroxyl groups is 5. The van der Waals surface area contributed by atoms with E-state index in [-0.39, 0.29) is 24.7 Å². The molecule has 0 heterocycles. The van der Waals surface area contributed by atoms with Gasteiger partial charge >= 0.3 is 0 Å². The molecule has 0 aliphatic heterocycles. The fourth-order valence-corrected chi connectivity index (χ4v) is 7.20. The van der Waals surface area contributed by atoms with E-state index in [1.54, 1.807) is 20.8 Å². The molecule has 3 fully saturated rings. The summed E-state index contributed by atoms with van der Waals surface area (Å²) in [7, 11) is 0. The summed E-state index contributed by atoms with van der Waals surface area (Å²) in [6.07, 6.45) is 1.54. The van der Waals surface area contributed by atoms with E-state index in [0.717, 1.165) is 18.4 Å². The Hall–Kier alpha value is -0.460. The van der Waals surface area contributed by atoms with Gasteiger partial charge in [-0.15, -0.1) is 0 Å². The summed E-state index contributed by atoms with van der Waals surface area (Å²) in [5, 5.41) is 56.1. The third-order valence-electron chi connectivity index (χ3n) is 8.75.